The van der Waals surface area contributed by atoms with Crippen LogP contribution in [0.2, 0.25) is 0 Å². The zero-order valence-corrected chi connectivity index (χ0v) is 9.07. The van der Waals surface area contributed by atoms with Crippen molar-refractivity contribution in [3.05, 3.63) is 0 Å². The van der Waals surface area contributed by atoms with Crippen LogP contribution in [0.25, 0.3) is 0 Å². The van der Waals surface area contributed by atoms with E-state index in [1.54, 1.807) is 0 Å². The predicted octanol–water partition coefficient (Wildman–Crippen LogP) is 0.383. The molecule has 0 aromatic carbocycles. The molecule has 0 amide bonds. The van der Waals surface area contributed by atoms with E-state index in [2.05, 4.69) is 13.8 Å². The van der Waals surface area contributed by atoms with Gasteiger partial charge in [-0.3, -0.25) is 0 Å². The predicted molar refractivity (Wildman–Crippen MR) is 52.6 cm³/mol. The minimum absolute atomic E-state index is 0.0347. The van der Waals surface area contributed by atoms with Gasteiger partial charge in [0.2, 0.25) is 0 Å². The standard InChI is InChI=1S/C11H20O3/c1-10(2)7-6(5-12)4-11(10,3)9(14)8(7)13/h6-9,12-14H,4-5H2,1-3H3. The van der Waals surface area contributed by atoms with E-state index in [4.69, 9.17) is 0 Å². The van der Waals surface area contributed by atoms with Crippen LogP contribution in [0.4, 0.5) is 0 Å². The average Bonchev–Trinajstić information content (AvgIpc) is 2.38. The third kappa shape index (κ3) is 0.884. The summed E-state index contributed by atoms with van der Waals surface area (Å²) < 4.78 is 0. The van der Waals surface area contributed by atoms with Crippen molar-refractivity contribution in [2.45, 2.75) is 39.4 Å². The lowest BCUT2D eigenvalue weighted by molar-refractivity contribution is -0.0704. The Morgan fingerprint density at radius 2 is 1.79 bits per heavy atom. The van der Waals surface area contributed by atoms with E-state index in [-0.39, 0.29) is 29.3 Å². The van der Waals surface area contributed by atoms with Crippen molar-refractivity contribution >= 4 is 0 Å². The van der Waals surface area contributed by atoms with Gasteiger partial charge in [0.1, 0.15) is 0 Å². The Morgan fingerprint density at radius 1 is 1.21 bits per heavy atom. The van der Waals surface area contributed by atoms with Crippen molar-refractivity contribution in [1.29, 1.82) is 0 Å². The maximum Gasteiger partial charge on any atom is 0.0860 e. The molecule has 0 aromatic rings. The second kappa shape index (κ2) is 2.71. The molecule has 2 aliphatic carbocycles. The molecule has 2 bridgehead atoms. The lowest BCUT2D eigenvalue weighted by atomic mass is 9.70. The molecule has 0 saturated heterocycles. The Morgan fingerprint density at radius 3 is 2.14 bits per heavy atom. The van der Waals surface area contributed by atoms with E-state index in [0.717, 1.165) is 6.42 Å². The molecule has 0 aromatic heterocycles. The lowest BCUT2D eigenvalue weighted by Crippen LogP contribution is -2.42. The quantitative estimate of drug-likeness (QED) is 0.573. The molecule has 14 heavy (non-hydrogen) atoms. The highest BCUT2D eigenvalue weighted by Gasteiger charge is 2.69. The molecule has 5 unspecified atom stereocenters. The smallest absolute Gasteiger partial charge is 0.0860 e. The summed E-state index contributed by atoms with van der Waals surface area (Å²) >= 11 is 0. The summed E-state index contributed by atoms with van der Waals surface area (Å²) in [6.07, 6.45) is -0.481. The van der Waals surface area contributed by atoms with E-state index >= 15 is 0 Å². The summed E-state index contributed by atoms with van der Waals surface area (Å²) in [6, 6.07) is 0. The topological polar surface area (TPSA) is 60.7 Å². The molecule has 2 saturated carbocycles. The molecule has 0 radical (unpaired) electrons. The van der Waals surface area contributed by atoms with Crippen LogP contribution in [0, 0.1) is 22.7 Å². The van der Waals surface area contributed by atoms with E-state index < -0.39 is 12.2 Å². The molecule has 0 heterocycles. The molecule has 3 nitrogen and oxygen atoms in total. The van der Waals surface area contributed by atoms with Gasteiger partial charge < -0.3 is 15.3 Å². The first kappa shape index (κ1) is 10.4. The molecule has 3 N–H and O–H groups in total. The number of aliphatic hydroxyl groups is 3. The molecule has 2 aliphatic rings. The van der Waals surface area contributed by atoms with Crippen LogP contribution < -0.4 is 0 Å². The van der Waals surface area contributed by atoms with E-state index in [9.17, 15) is 15.3 Å². The molecular formula is C11H20O3. The summed E-state index contributed by atoms with van der Waals surface area (Å²) in [5.74, 6) is 0.181. The maximum absolute atomic E-state index is 9.96. The van der Waals surface area contributed by atoms with Crippen LogP contribution in [-0.4, -0.2) is 34.1 Å². The molecule has 82 valence electrons. The van der Waals surface area contributed by atoms with Gasteiger partial charge >= 0.3 is 0 Å². The van der Waals surface area contributed by atoms with E-state index in [1.807, 2.05) is 6.92 Å². The van der Waals surface area contributed by atoms with Gasteiger partial charge in [0.25, 0.3) is 0 Å². The van der Waals surface area contributed by atoms with Crippen molar-refractivity contribution in [3.63, 3.8) is 0 Å². The first-order valence-electron chi connectivity index (χ1n) is 5.33. The first-order chi connectivity index (χ1) is 6.36. The molecule has 0 spiro atoms. The highest BCUT2D eigenvalue weighted by Crippen LogP contribution is 2.67. The average molecular weight is 200 g/mol. The van der Waals surface area contributed by atoms with Gasteiger partial charge in [-0.05, 0) is 23.7 Å². The molecule has 2 fully saturated rings. The first-order valence-corrected chi connectivity index (χ1v) is 5.33. The fraction of sp³-hybridized carbons (Fsp3) is 1.00. The Bertz CT molecular complexity index is 249. The van der Waals surface area contributed by atoms with Gasteiger partial charge in [0, 0.05) is 12.0 Å². The van der Waals surface area contributed by atoms with E-state index in [0.29, 0.717) is 0 Å². The van der Waals surface area contributed by atoms with Crippen LogP contribution in [0.5, 0.6) is 0 Å². The second-order valence-electron chi connectivity index (χ2n) is 5.75. The summed E-state index contributed by atoms with van der Waals surface area (Å²) in [5, 5.41) is 29.1. The minimum Gasteiger partial charge on any atom is -0.396 e. The number of hydrogen-bond donors (Lipinski definition) is 3. The highest BCUT2D eigenvalue weighted by atomic mass is 16.3. The van der Waals surface area contributed by atoms with Crippen molar-refractivity contribution < 1.29 is 15.3 Å². The Labute approximate surface area is 84.8 Å². The van der Waals surface area contributed by atoms with Gasteiger partial charge in [-0.15, -0.1) is 0 Å². The molecule has 5 atom stereocenters. The summed E-state index contributed by atoms with van der Waals surface area (Å²) in [7, 11) is 0. The summed E-state index contributed by atoms with van der Waals surface area (Å²) in [4.78, 5) is 0. The number of fused-ring (bicyclic) bond motifs is 2. The van der Waals surface area contributed by atoms with Crippen LogP contribution in [0.1, 0.15) is 27.2 Å². The van der Waals surface area contributed by atoms with Crippen molar-refractivity contribution in [1.82, 2.24) is 0 Å². The van der Waals surface area contributed by atoms with Gasteiger partial charge in [-0.25, -0.2) is 0 Å². The van der Waals surface area contributed by atoms with Gasteiger partial charge in [-0.2, -0.15) is 0 Å². The zero-order valence-electron chi connectivity index (χ0n) is 9.07. The zero-order chi connectivity index (χ0) is 10.7. The second-order valence-corrected chi connectivity index (χ2v) is 5.75. The number of aliphatic hydroxyl groups excluding tert-OH is 3. The molecule has 3 heteroatoms. The van der Waals surface area contributed by atoms with Gasteiger partial charge in [0.15, 0.2) is 0 Å². The third-order valence-electron chi connectivity index (χ3n) is 5.08. The van der Waals surface area contributed by atoms with Gasteiger partial charge in [0.05, 0.1) is 12.2 Å². The van der Waals surface area contributed by atoms with E-state index in [1.165, 1.54) is 0 Å². The fourth-order valence-electron chi connectivity index (χ4n) is 3.86. The van der Waals surface area contributed by atoms with Gasteiger partial charge in [-0.1, -0.05) is 20.8 Å². The largest absolute Gasteiger partial charge is 0.396 e. The van der Waals surface area contributed by atoms with Crippen LogP contribution in [0.15, 0.2) is 0 Å². The third-order valence-corrected chi connectivity index (χ3v) is 5.08. The minimum atomic E-state index is -0.666. The van der Waals surface area contributed by atoms with Crippen LogP contribution >= 0.6 is 0 Å². The number of rotatable bonds is 1. The highest BCUT2D eigenvalue weighted by molar-refractivity contribution is 5.17. The monoisotopic (exact) mass is 200 g/mol. The maximum atomic E-state index is 9.96. The van der Waals surface area contributed by atoms with Crippen molar-refractivity contribution in [2.24, 2.45) is 22.7 Å². The van der Waals surface area contributed by atoms with Crippen molar-refractivity contribution in [2.75, 3.05) is 6.61 Å². The summed E-state index contributed by atoms with van der Waals surface area (Å²) in [6.45, 7) is 6.32. The van der Waals surface area contributed by atoms with Crippen LogP contribution in [0.3, 0.4) is 0 Å². The molecular weight excluding hydrogens is 180 g/mol. The summed E-state index contributed by atoms with van der Waals surface area (Å²) in [5.41, 5.74) is -0.330. The normalized spacial score (nSPS) is 55.3. The van der Waals surface area contributed by atoms with Crippen LogP contribution in [-0.2, 0) is 0 Å². The SMILES string of the molecule is CC1(C)C2C(CO)CC1(C)C(O)C2O. The fourth-order valence-corrected chi connectivity index (χ4v) is 3.86. The Hall–Kier alpha value is -0.120. The Balaban J connectivity index is 2.41. The molecule has 2 rings (SSSR count). The Kier molecular flexibility index (Phi) is 2.02. The van der Waals surface area contributed by atoms with Crippen molar-refractivity contribution in [3.8, 4) is 0 Å². The molecule has 0 aliphatic heterocycles. The lowest BCUT2D eigenvalue weighted by Gasteiger charge is -2.37. The number of hydrogen-bond acceptors (Lipinski definition) is 3.